The number of hydrogen-bond donors (Lipinski definition) is 1. The Bertz CT molecular complexity index is 677. The number of nitrogens with two attached hydrogens (primary N) is 1. The SMILES string of the molecule is CCOc1cc(CCN)cc(Cl)c1OCc1ccc(Cl)c(Cl)c1. The minimum atomic E-state index is 0.312. The minimum absolute atomic E-state index is 0.312. The van der Waals surface area contributed by atoms with Crippen molar-refractivity contribution in [3.63, 3.8) is 0 Å². The summed E-state index contributed by atoms with van der Waals surface area (Å²) in [5.41, 5.74) is 7.50. The highest BCUT2D eigenvalue weighted by Crippen LogP contribution is 2.37. The van der Waals surface area contributed by atoms with Crippen LogP contribution in [0.4, 0.5) is 0 Å². The van der Waals surface area contributed by atoms with E-state index in [0.29, 0.717) is 46.3 Å². The molecule has 2 aromatic carbocycles. The van der Waals surface area contributed by atoms with E-state index in [-0.39, 0.29) is 0 Å². The van der Waals surface area contributed by atoms with Gasteiger partial charge in [0.05, 0.1) is 21.7 Å². The Labute approximate surface area is 151 Å². The van der Waals surface area contributed by atoms with Gasteiger partial charge < -0.3 is 15.2 Å². The van der Waals surface area contributed by atoms with E-state index in [1.54, 1.807) is 12.1 Å². The molecule has 2 aromatic rings. The van der Waals surface area contributed by atoms with E-state index in [9.17, 15) is 0 Å². The largest absolute Gasteiger partial charge is 0.490 e. The van der Waals surface area contributed by atoms with Crippen LogP contribution in [0.2, 0.25) is 15.1 Å². The van der Waals surface area contributed by atoms with Crippen molar-refractivity contribution in [3.8, 4) is 11.5 Å². The molecule has 0 saturated heterocycles. The van der Waals surface area contributed by atoms with E-state index in [0.717, 1.165) is 17.5 Å². The molecule has 0 bridgehead atoms. The average Bonchev–Trinajstić information content (AvgIpc) is 2.50. The van der Waals surface area contributed by atoms with Gasteiger partial charge in [-0.25, -0.2) is 0 Å². The highest BCUT2D eigenvalue weighted by molar-refractivity contribution is 6.42. The predicted octanol–water partition coefficient (Wildman–Crippen LogP) is 5.13. The van der Waals surface area contributed by atoms with E-state index in [1.807, 2.05) is 25.1 Å². The molecule has 0 fully saturated rings. The topological polar surface area (TPSA) is 44.5 Å². The van der Waals surface area contributed by atoms with E-state index < -0.39 is 0 Å². The highest BCUT2D eigenvalue weighted by Gasteiger charge is 2.13. The van der Waals surface area contributed by atoms with Crippen molar-refractivity contribution < 1.29 is 9.47 Å². The molecular formula is C17H18Cl3NO2. The molecule has 3 nitrogen and oxygen atoms in total. The first-order valence-corrected chi connectivity index (χ1v) is 8.40. The van der Waals surface area contributed by atoms with Crippen LogP contribution in [0.5, 0.6) is 11.5 Å². The zero-order chi connectivity index (χ0) is 16.8. The number of hydrogen-bond acceptors (Lipinski definition) is 3. The maximum absolute atomic E-state index is 6.34. The lowest BCUT2D eigenvalue weighted by Crippen LogP contribution is -2.05. The van der Waals surface area contributed by atoms with E-state index in [4.69, 9.17) is 50.0 Å². The van der Waals surface area contributed by atoms with Crippen molar-refractivity contribution in [2.45, 2.75) is 20.0 Å². The molecule has 0 saturated carbocycles. The molecule has 0 aromatic heterocycles. The van der Waals surface area contributed by atoms with Gasteiger partial charge in [-0.05, 0) is 55.3 Å². The Balaban J connectivity index is 2.21. The molecule has 6 heteroatoms. The Hall–Kier alpha value is -1.13. The van der Waals surface area contributed by atoms with Crippen molar-refractivity contribution in [1.29, 1.82) is 0 Å². The van der Waals surface area contributed by atoms with Gasteiger partial charge in [-0.15, -0.1) is 0 Å². The van der Waals surface area contributed by atoms with Crippen LogP contribution in [0, 0.1) is 0 Å². The fourth-order valence-electron chi connectivity index (χ4n) is 2.12. The Morgan fingerprint density at radius 1 is 0.913 bits per heavy atom. The van der Waals surface area contributed by atoms with Crippen molar-refractivity contribution in [1.82, 2.24) is 0 Å². The van der Waals surface area contributed by atoms with Crippen LogP contribution in [0.3, 0.4) is 0 Å². The summed E-state index contributed by atoms with van der Waals surface area (Å²) in [5, 5.41) is 1.50. The molecule has 0 unspecified atom stereocenters. The molecule has 0 aliphatic heterocycles. The molecule has 23 heavy (non-hydrogen) atoms. The van der Waals surface area contributed by atoms with Gasteiger partial charge in [-0.3, -0.25) is 0 Å². The molecule has 0 aliphatic rings. The van der Waals surface area contributed by atoms with E-state index in [1.165, 1.54) is 0 Å². The fraction of sp³-hybridized carbons (Fsp3) is 0.294. The summed E-state index contributed by atoms with van der Waals surface area (Å²) in [4.78, 5) is 0. The van der Waals surface area contributed by atoms with E-state index >= 15 is 0 Å². The third-order valence-corrected chi connectivity index (χ3v) is 4.19. The van der Waals surface area contributed by atoms with Gasteiger partial charge >= 0.3 is 0 Å². The number of rotatable bonds is 7. The van der Waals surface area contributed by atoms with Crippen molar-refractivity contribution in [2.75, 3.05) is 13.2 Å². The Morgan fingerprint density at radius 3 is 2.30 bits per heavy atom. The van der Waals surface area contributed by atoms with Gasteiger partial charge in [0.1, 0.15) is 6.61 Å². The second kappa shape index (κ2) is 8.65. The van der Waals surface area contributed by atoms with Crippen LogP contribution in [-0.2, 0) is 13.0 Å². The average molecular weight is 375 g/mol. The highest BCUT2D eigenvalue weighted by atomic mass is 35.5. The first-order chi connectivity index (χ1) is 11.0. The quantitative estimate of drug-likeness (QED) is 0.731. The molecule has 0 radical (unpaired) electrons. The summed E-state index contributed by atoms with van der Waals surface area (Å²) in [6.45, 7) is 3.29. The van der Waals surface area contributed by atoms with Crippen LogP contribution < -0.4 is 15.2 Å². The molecule has 2 N–H and O–H groups in total. The summed E-state index contributed by atoms with van der Waals surface area (Å²) in [5.74, 6) is 1.13. The van der Waals surface area contributed by atoms with Crippen LogP contribution in [0.1, 0.15) is 18.1 Å². The standard InChI is InChI=1S/C17H18Cl3NO2/c1-2-22-16-9-11(5-6-21)7-15(20)17(16)23-10-12-3-4-13(18)14(19)8-12/h3-4,7-9H,2,5-6,10,21H2,1H3. The molecule has 0 spiro atoms. The lowest BCUT2D eigenvalue weighted by Gasteiger charge is -2.15. The zero-order valence-electron chi connectivity index (χ0n) is 12.7. The summed E-state index contributed by atoms with van der Waals surface area (Å²) in [6.07, 6.45) is 0.729. The van der Waals surface area contributed by atoms with Gasteiger partial charge in [0.25, 0.3) is 0 Å². The van der Waals surface area contributed by atoms with Crippen LogP contribution in [-0.4, -0.2) is 13.2 Å². The third kappa shape index (κ3) is 4.92. The fourth-order valence-corrected chi connectivity index (χ4v) is 2.73. The summed E-state index contributed by atoms with van der Waals surface area (Å²) < 4.78 is 11.5. The first-order valence-electron chi connectivity index (χ1n) is 7.27. The molecule has 2 rings (SSSR count). The van der Waals surface area contributed by atoms with Gasteiger partial charge in [0.2, 0.25) is 0 Å². The number of benzene rings is 2. The predicted molar refractivity (Wildman–Crippen MR) is 96.2 cm³/mol. The molecule has 0 heterocycles. The lowest BCUT2D eigenvalue weighted by atomic mass is 10.1. The van der Waals surface area contributed by atoms with Crippen molar-refractivity contribution in [2.24, 2.45) is 5.73 Å². The van der Waals surface area contributed by atoms with Crippen molar-refractivity contribution in [3.05, 3.63) is 56.5 Å². The van der Waals surface area contributed by atoms with Crippen LogP contribution >= 0.6 is 34.8 Å². The van der Waals surface area contributed by atoms with Crippen molar-refractivity contribution >= 4 is 34.8 Å². The minimum Gasteiger partial charge on any atom is -0.490 e. The number of ether oxygens (including phenoxy) is 2. The third-order valence-electron chi connectivity index (χ3n) is 3.17. The van der Waals surface area contributed by atoms with Gasteiger partial charge in [0, 0.05) is 0 Å². The van der Waals surface area contributed by atoms with Gasteiger partial charge in [-0.2, -0.15) is 0 Å². The lowest BCUT2D eigenvalue weighted by molar-refractivity contribution is 0.269. The molecule has 0 amide bonds. The summed E-state index contributed by atoms with van der Waals surface area (Å²) in [6, 6.07) is 9.11. The monoisotopic (exact) mass is 373 g/mol. The van der Waals surface area contributed by atoms with E-state index in [2.05, 4.69) is 0 Å². The normalized spacial score (nSPS) is 10.7. The smallest absolute Gasteiger partial charge is 0.180 e. The zero-order valence-corrected chi connectivity index (χ0v) is 15.0. The Kier molecular flexibility index (Phi) is 6.85. The van der Waals surface area contributed by atoms with Gasteiger partial charge in [0.15, 0.2) is 11.5 Å². The molecule has 124 valence electrons. The van der Waals surface area contributed by atoms with Crippen LogP contribution in [0.25, 0.3) is 0 Å². The molecular weight excluding hydrogens is 357 g/mol. The first kappa shape index (κ1) is 18.2. The molecule has 0 aliphatic carbocycles. The second-order valence-corrected chi connectivity index (χ2v) is 6.14. The second-order valence-electron chi connectivity index (χ2n) is 4.91. The maximum atomic E-state index is 6.34. The van der Waals surface area contributed by atoms with Gasteiger partial charge in [-0.1, -0.05) is 40.9 Å². The number of halogens is 3. The molecule has 0 atom stereocenters. The maximum Gasteiger partial charge on any atom is 0.180 e. The summed E-state index contributed by atoms with van der Waals surface area (Å²) >= 11 is 18.3. The summed E-state index contributed by atoms with van der Waals surface area (Å²) in [7, 11) is 0. The Morgan fingerprint density at radius 2 is 1.65 bits per heavy atom. The van der Waals surface area contributed by atoms with Crippen LogP contribution in [0.15, 0.2) is 30.3 Å².